The average molecular weight is 356 g/mol. The van der Waals surface area contributed by atoms with Gasteiger partial charge in [0, 0.05) is 18.8 Å². The van der Waals surface area contributed by atoms with E-state index in [4.69, 9.17) is 9.15 Å². The first kappa shape index (κ1) is 18.3. The third kappa shape index (κ3) is 5.51. The number of hydrogen-bond acceptors (Lipinski definition) is 4. The molecule has 2 N–H and O–H groups in total. The maximum absolute atomic E-state index is 5.75. The molecule has 0 aliphatic heterocycles. The fourth-order valence-corrected chi connectivity index (χ4v) is 2.57. The monoisotopic (exact) mass is 356 g/mol. The number of hydrogen-bond donors (Lipinski definition) is 2. The number of nitrogens with zero attached hydrogens (tertiary/aromatic N) is 2. The van der Waals surface area contributed by atoms with Crippen LogP contribution in [-0.4, -0.2) is 24.1 Å². The topological polar surface area (TPSA) is 71.7 Å². The molecule has 0 bridgehead atoms. The summed E-state index contributed by atoms with van der Waals surface area (Å²) >= 11 is 0. The Bertz CT molecular complexity index is 737. The van der Waals surface area contributed by atoms with Gasteiger partial charge in [0.15, 0.2) is 5.96 Å². The summed E-state index contributed by atoms with van der Waals surface area (Å²) in [4.78, 5) is 8.95. The van der Waals surface area contributed by atoms with Crippen molar-refractivity contribution in [3.05, 3.63) is 47.5 Å². The standard InChI is InChI=1S/C20H28N4O2/c1-4-21-20(24-15(3)18-8-5-14(2)26-18)23-12-17-9-10-22-19(11-17)25-13-16-6-7-16/h5,8-11,15-16H,4,6-7,12-13H2,1-3H3,(H2,21,23,24). The number of nitrogens with one attached hydrogen (secondary N) is 2. The Hall–Kier alpha value is -2.50. The minimum absolute atomic E-state index is 0.0383. The van der Waals surface area contributed by atoms with Crippen LogP contribution in [0.3, 0.4) is 0 Å². The van der Waals surface area contributed by atoms with Crippen molar-refractivity contribution in [1.82, 2.24) is 15.6 Å². The molecule has 2 aromatic rings. The molecule has 0 amide bonds. The number of furan rings is 1. The fraction of sp³-hybridized carbons (Fsp3) is 0.500. The number of aromatic nitrogens is 1. The van der Waals surface area contributed by atoms with Crippen molar-refractivity contribution in [2.75, 3.05) is 13.2 Å². The van der Waals surface area contributed by atoms with Crippen LogP contribution < -0.4 is 15.4 Å². The van der Waals surface area contributed by atoms with Crippen LogP contribution in [0.1, 0.15) is 49.8 Å². The van der Waals surface area contributed by atoms with E-state index in [0.717, 1.165) is 42.1 Å². The molecule has 0 aromatic carbocycles. The van der Waals surface area contributed by atoms with Crippen molar-refractivity contribution in [2.45, 2.75) is 46.2 Å². The van der Waals surface area contributed by atoms with E-state index in [2.05, 4.69) is 34.5 Å². The van der Waals surface area contributed by atoms with E-state index >= 15 is 0 Å². The minimum Gasteiger partial charge on any atom is -0.477 e. The largest absolute Gasteiger partial charge is 0.477 e. The Balaban J connectivity index is 1.60. The van der Waals surface area contributed by atoms with E-state index < -0.39 is 0 Å². The Morgan fingerprint density at radius 1 is 1.38 bits per heavy atom. The summed E-state index contributed by atoms with van der Waals surface area (Å²) in [5.74, 6) is 3.96. The molecule has 1 saturated carbocycles. The highest BCUT2D eigenvalue weighted by Crippen LogP contribution is 2.29. The van der Waals surface area contributed by atoms with Gasteiger partial charge in [-0.15, -0.1) is 0 Å². The van der Waals surface area contributed by atoms with Crippen molar-refractivity contribution in [1.29, 1.82) is 0 Å². The van der Waals surface area contributed by atoms with Crippen LogP contribution in [0.4, 0.5) is 0 Å². The molecule has 0 saturated heterocycles. The first-order valence-electron chi connectivity index (χ1n) is 9.33. The predicted molar refractivity (Wildman–Crippen MR) is 102 cm³/mol. The molecule has 1 aliphatic rings. The maximum atomic E-state index is 5.75. The summed E-state index contributed by atoms with van der Waals surface area (Å²) in [6, 6.07) is 7.93. The normalized spacial score (nSPS) is 15.6. The van der Waals surface area contributed by atoms with Crippen LogP contribution in [0.2, 0.25) is 0 Å². The van der Waals surface area contributed by atoms with Crippen LogP contribution in [0.25, 0.3) is 0 Å². The maximum Gasteiger partial charge on any atom is 0.213 e. The minimum atomic E-state index is 0.0383. The lowest BCUT2D eigenvalue weighted by Gasteiger charge is -2.16. The highest BCUT2D eigenvalue weighted by molar-refractivity contribution is 5.80. The van der Waals surface area contributed by atoms with Gasteiger partial charge in [0.05, 0.1) is 19.2 Å². The number of aryl methyl sites for hydroxylation is 1. The molecule has 6 nitrogen and oxygen atoms in total. The smallest absolute Gasteiger partial charge is 0.213 e. The summed E-state index contributed by atoms with van der Waals surface area (Å²) in [7, 11) is 0. The lowest BCUT2D eigenvalue weighted by atomic mass is 10.2. The highest BCUT2D eigenvalue weighted by atomic mass is 16.5. The highest BCUT2D eigenvalue weighted by Gasteiger charge is 2.22. The van der Waals surface area contributed by atoms with Crippen molar-refractivity contribution < 1.29 is 9.15 Å². The van der Waals surface area contributed by atoms with Gasteiger partial charge in [-0.3, -0.25) is 0 Å². The zero-order chi connectivity index (χ0) is 18.4. The average Bonchev–Trinajstić information content (AvgIpc) is 3.37. The Morgan fingerprint density at radius 3 is 2.92 bits per heavy atom. The van der Waals surface area contributed by atoms with Gasteiger partial charge >= 0.3 is 0 Å². The fourth-order valence-electron chi connectivity index (χ4n) is 2.57. The van der Waals surface area contributed by atoms with Crippen molar-refractivity contribution in [3.63, 3.8) is 0 Å². The van der Waals surface area contributed by atoms with E-state index in [9.17, 15) is 0 Å². The molecule has 2 aromatic heterocycles. The van der Waals surface area contributed by atoms with E-state index in [1.807, 2.05) is 31.2 Å². The van der Waals surface area contributed by atoms with Gasteiger partial charge in [-0.1, -0.05) is 0 Å². The summed E-state index contributed by atoms with van der Waals surface area (Å²) in [5, 5.41) is 6.65. The molecule has 2 heterocycles. The third-order valence-electron chi connectivity index (χ3n) is 4.27. The molecule has 0 radical (unpaired) electrons. The summed E-state index contributed by atoms with van der Waals surface area (Å²) < 4.78 is 11.4. The van der Waals surface area contributed by atoms with Crippen molar-refractivity contribution in [3.8, 4) is 5.88 Å². The van der Waals surface area contributed by atoms with Gasteiger partial charge in [-0.2, -0.15) is 0 Å². The molecule has 140 valence electrons. The molecular weight excluding hydrogens is 328 g/mol. The van der Waals surface area contributed by atoms with Crippen LogP contribution in [0.5, 0.6) is 5.88 Å². The van der Waals surface area contributed by atoms with Gasteiger partial charge in [0.1, 0.15) is 11.5 Å². The zero-order valence-electron chi connectivity index (χ0n) is 15.8. The molecule has 26 heavy (non-hydrogen) atoms. The quantitative estimate of drug-likeness (QED) is 0.559. The molecular formula is C20H28N4O2. The second kappa shape index (κ2) is 8.74. The Morgan fingerprint density at radius 2 is 2.23 bits per heavy atom. The molecule has 1 aliphatic carbocycles. The van der Waals surface area contributed by atoms with Crippen LogP contribution in [0.15, 0.2) is 39.9 Å². The van der Waals surface area contributed by atoms with E-state index in [1.54, 1.807) is 6.20 Å². The number of ether oxygens (including phenoxy) is 1. The number of guanidine groups is 1. The lowest BCUT2D eigenvalue weighted by molar-refractivity contribution is 0.288. The molecule has 1 fully saturated rings. The zero-order valence-corrected chi connectivity index (χ0v) is 15.8. The van der Waals surface area contributed by atoms with Gasteiger partial charge in [-0.05, 0) is 63.3 Å². The summed E-state index contributed by atoms with van der Waals surface area (Å²) in [5.41, 5.74) is 1.07. The van der Waals surface area contributed by atoms with Gasteiger partial charge in [-0.25, -0.2) is 9.98 Å². The third-order valence-corrected chi connectivity index (χ3v) is 4.27. The Kier molecular flexibility index (Phi) is 6.15. The van der Waals surface area contributed by atoms with Gasteiger partial charge in [0.25, 0.3) is 0 Å². The predicted octanol–water partition coefficient (Wildman–Crippen LogP) is 3.59. The second-order valence-corrected chi connectivity index (χ2v) is 6.77. The van der Waals surface area contributed by atoms with Crippen LogP contribution >= 0.6 is 0 Å². The number of rotatable bonds is 8. The summed E-state index contributed by atoms with van der Waals surface area (Å²) in [6.45, 7) is 8.17. The molecule has 1 unspecified atom stereocenters. The van der Waals surface area contributed by atoms with Gasteiger partial charge in [0.2, 0.25) is 5.88 Å². The molecule has 0 spiro atoms. The number of pyridine rings is 1. The first-order valence-corrected chi connectivity index (χ1v) is 9.33. The van der Waals surface area contributed by atoms with Crippen LogP contribution in [-0.2, 0) is 6.54 Å². The van der Waals surface area contributed by atoms with E-state index in [-0.39, 0.29) is 6.04 Å². The summed E-state index contributed by atoms with van der Waals surface area (Å²) in [6.07, 6.45) is 4.33. The van der Waals surface area contributed by atoms with E-state index in [0.29, 0.717) is 12.4 Å². The lowest BCUT2D eigenvalue weighted by Crippen LogP contribution is -2.38. The molecule has 6 heteroatoms. The van der Waals surface area contributed by atoms with Crippen LogP contribution in [0, 0.1) is 12.8 Å². The molecule has 1 atom stereocenters. The first-order chi connectivity index (χ1) is 12.6. The SMILES string of the molecule is CCNC(=NCc1ccnc(OCC2CC2)c1)NC(C)c1ccc(C)o1. The van der Waals surface area contributed by atoms with Gasteiger partial charge < -0.3 is 19.8 Å². The second-order valence-electron chi connectivity index (χ2n) is 6.77. The number of aliphatic imine (C=N–C) groups is 1. The molecule has 3 rings (SSSR count). The van der Waals surface area contributed by atoms with Crippen molar-refractivity contribution in [2.24, 2.45) is 10.9 Å². The van der Waals surface area contributed by atoms with Crippen molar-refractivity contribution >= 4 is 5.96 Å². The Labute approximate surface area is 155 Å². The van der Waals surface area contributed by atoms with E-state index in [1.165, 1.54) is 12.8 Å².